The van der Waals surface area contributed by atoms with Gasteiger partial charge in [0, 0.05) is 37.6 Å². The maximum Gasteiger partial charge on any atom is 0.0372 e. The lowest BCUT2D eigenvalue weighted by atomic mass is 9.84. The topological polar surface area (TPSA) is 6.48 Å². The highest BCUT2D eigenvalue weighted by molar-refractivity contribution is 6.24. The molecule has 0 saturated carbocycles. The Morgan fingerprint density at radius 2 is 0.911 bits per heavy atom. The Hall–Kier alpha value is -6.12. The van der Waals surface area contributed by atoms with Gasteiger partial charge in [-0.3, -0.25) is 0 Å². The summed E-state index contributed by atoms with van der Waals surface area (Å²) >= 11 is 0. The fourth-order valence-electron chi connectivity index (χ4n) is 9.43. The van der Waals surface area contributed by atoms with Crippen molar-refractivity contribution in [1.29, 1.82) is 0 Å². The molecule has 0 amide bonds. The molecule has 0 N–H and O–H groups in total. The molecule has 8 aromatic rings. The van der Waals surface area contributed by atoms with E-state index in [1.807, 2.05) is 0 Å². The fraction of sp³-hybridized carbons (Fsp3) is 0.185. The van der Waals surface area contributed by atoms with Crippen molar-refractivity contribution in [2.75, 3.05) is 36.0 Å². The highest BCUT2D eigenvalue weighted by atomic mass is 15.1. The second-order valence-corrected chi connectivity index (χ2v) is 15.7. The van der Waals surface area contributed by atoms with Crippen LogP contribution in [-0.4, -0.2) is 26.2 Å². The second kappa shape index (κ2) is 15.2. The van der Waals surface area contributed by atoms with E-state index in [4.69, 9.17) is 0 Å². The van der Waals surface area contributed by atoms with Crippen LogP contribution in [0.5, 0.6) is 0 Å². The molecular formula is C54H48N2. The molecule has 0 atom stereocenters. The van der Waals surface area contributed by atoms with Gasteiger partial charge in [-0.25, -0.2) is 0 Å². The van der Waals surface area contributed by atoms with Crippen LogP contribution in [0, 0.1) is 0 Å². The molecule has 2 heterocycles. The van der Waals surface area contributed by atoms with Gasteiger partial charge in [0.15, 0.2) is 0 Å². The molecule has 2 heteroatoms. The molecule has 0 aromatic heterocycles. The molecule has 10 rings (SSSR count). The Labute approximate surface area is 331 Å². The van der Waals surface area contributed by atoms with Gasteiger partial charge in [0.1, 0.15) is 0 Å². The molecular weight excluding hydrogens is 677 g/mol. The van der Waals surface area contributed by atoms with E-state index < -0.39 is 0 Å². The van der Waals surface area contributed by atoms with Gasteiger partial charge in [0.2, 0.25) is 0 Å². The summed E-state index contributed by atoms with van der Waals surface area (Å²) in [7, 11) is 0. The first-order chi connectivity index (χ1) is 27.8. The molecule has 2 fully saturated rings. The molecule has 0 radical (unpaired) electrons. The highest BCUT2D eigenvalue weighted by Crippen LogP contribution is 2.47. The summed E-state index contributed by atoms with van der Waals surface area (Å²) in [6.07, 6.45) is 10.0. The highest BCUT2D eigenvalue weighted by Gasteiger charge is 2.22. The predicted molar refractivity (Wildman–Crippen MR) is 242 cm³/mol. The lowest BCUT2D eigenvalue weighted by molar-refractivity contribution is 0.578. The number of fused-ring (bicyclic) bond motifs is 3. The molecule has 274 valence electrons. The monoisotopic (exact) mass is 724 g/mol. The number of hydrogen-bond donors (Lipinski definition) is 0. The molecule has 0 unspecified atom stereocenters. The molecule has 0 bridgehead atoms. The third-order valence-electron chi connectivity index (χ3n) is 12.3. The van der Waals surface area contributed by atoms with Crippen LogP contribution in [0.4, 0.5) is 11.4 Å². The fourth-order valence-corrected chi connectivity index (χ4v) is 9.43. The van der Waals surface area contributed by atoms with Crippen molar-refractivity contribution in [3.8, 4) is 22.3 Å². The van der Waals surface area contributed by atoms with Gasteiger partial charge < -0.3 is 9.80 Å². The first-order valence-electron chi connectivity index (χ1n) is 20.7. The molecule has 2 aliphatic rings. The van der Waals surface area contributed by atoms with Crippen LogP contribution in [0.3, 0.4) is 0 Å². The minimum absolute atomic E-state index is 1.12. The van der Waals surface area contributed by atoms with Crippen molar-refractivity contribution in [3.63, 3.8) is 0 Å². The minimum atomic E-state index is 1.12. The van der Waals surface area contributed by atoms with E-state index >= 15 is 0 Å². The van der Waals surface area contributed by atoms with Crippen molar-refractivity contribution in [3.05, 3.63) is 180 Å². The maximum atomic E-state index is 2.61. The summed E-state index contributed by atoms with van der Waals surface area (Å²) < 4.78 is 0. The van der Waals surface area contributed by atoms with Crippen LogP contribution in [-0.2, 0) is 0 Å². The third kappa shape index (κ3) is 6.54. The summed E-state index contributed by atoms with van der Waals surface area (Å²) in [6, 6.07) is 61.3. The normalized spacial score (nSPS) is 14.7. The molecule has 0 aliphatic carbocycles. The van der Waals surface area contributed by atoms with Crippen LogP contribution in [0.15, 0.2) is 164 Å². The summed E-state index contributed by atoms with van der Waals surface area (Å²) in [5.74, 6) is 0. The van der Waals surface area contributed by atoms with Crippen molar-refractivity contribution in [2.24, 2.45) is 0 Å². The van der Waals surface area contributed by atoms with Crippen LogP contribution in [0.25, 0.3) is 66.2 Å². The Morgan fingerprint density at radius 3 is 1.52 bits per heavy atom. The molecule has 56 heavy (non-hydrogen) atoms. The maximum absolute atomic E-state index is 2.61. The first-order valence-corrected chi connectivity index (χ1v) is 20.7. The number of hydrogen-bond acceptors (Lipinski definition) is 2. The van der Waals surface area contributed by atoms with Crippen molar-refractivity contribution < 1.29 is 0 Å². The van der Waals surface area contributed by atoms with Gasteiger partial charge >= 0.3 is 0 Å². The molecule has 0 spiro atoms. The predicted octanol–water partition coefficient (Wildman–Crippen LogP) is 14.0. The average Bonchev–Trinajstić information content (AvgIpc) is 3.28. The molecule has 2 aliphatic heterocycles. The van der Waals surface area contributed by atoms with E-state index in [1.54, 1.807) is 0 Å². The van der Waals surface area contributed by atoms with Crippen LogP contribution < -0.4 is 9.80 Å². The number of piperidine rings is 2. The van der Waals surface area contributed by atoms with E-state index in [-0.39, 0.29) is 0 Å². The minimum Gasteiger partial charge on any atom is -0.372 e. The number of benzene rings is 8. The Kier molecular flexibility index (Phi) is 9.33. The van der Waals surface area contributed by atoms with Crippen LogP contribution >= 0.6 is 0 Å². The Morgan fingerprint density at radius 1 is 0.393 bits per heavy atom. The average molecular weight is 725 g/mol. The molecule has 2 nitrogen and oxygen atoms in total. The summed E-state index contributed by atoms with van der Waals surface area (Å²) in [5.41, 5.74) is 12.8. The second-order valence-electron chi connectivity index (χ2n) is 15.7. The summed E-state index contributed by atoms with van der Waals surface area (Å²) in [4.78, 5) is 5.22. The zero-order chi connectivity index (χ0) is 37.3. The van der Waals surface area contributed by atoms with Crippen molar-refractivity contribution in [1.82, 2.24) is 0 Å². The van der Waals surface area contributed by atoms with Crippen molar-refractivity contribution in [2.45, 2.75) is 38.5 Å². The molecule has 2 saturated heterocycles. The molecule has 8 aromatic carbocycles. The SMILES string of the molecule is C(=C(c1ccccc1)c1ccccc1)c1ccc(-c2c3cc(N4CCCCC4)ccc3c(-c3cccc4ccccc34)c3cc(N4CCCCC4)ccc23)cc1. The Bertz CT molecular complexity index is 2630. The number of nitrogens with zero attached hydrogens (tertiary/aromatic N) is 2. The smallest absolute Gasteiger partial charge is 0.0372 e. The number of rotatable bonds is 7. The zero-order valence-electron chi connectivity index (χ0n) is 32.1. The standard InChI is InChI=1S/C54H48N2/c1-5-16-41(17-6-1)50(42-18-7-2-8-19-42)36-39-24-26-43(27-25-39)53-48-30-28-45(56-34-13-4-14-35-56)38-52(48)54(47-23-15-21-40-20-9-10-22-46(40)47)49-31-29-44(37-51(49)53)55-32-11-3-12-33-55/h1-2,5-10,15-31,36-38H,3-4,11-14,32-35H2. The van der Waals surface area contributed by atoms with E-state index in [2.05, 4.69) is 180 Å². The third-order valence-corrected chi connectivity index (χ3v) is 12.3. The lowest BCUT2D eigenvalue weighted by Crippen LogP contribution is -2.29. The van der Waals surface area contributed by atoms with Crippen molar-refractivity contribution >= 4 is 55.3 Å². The van der Waals surface area contributed by atoms with Crippen LogP contribution in [0.1, 0.15) is 55.2 Å². The van der Waals surface area contributed by atoms with Gasteiger partial charge in [-0.1, -0.05) is 140 Å². The van der Waals surface area contributed by atoms with E-state index in [0.717, 1.165) is 26.2 Å². The van der Waals surface area contributed by atoms with E-state index in [9.17, 15) is 0 Å². The van der Waals surface area contributed by atoms with Gasteiger partial charge in [0.25, 0.3) is 0 Å². The van der Waals surface area contributed by atoms with Gasteiger partial charge in [-0.15, -0.1) is 0 Å². The van der Waals surface area contributed by atoms with Gasteiger partial charge in [-0.2, -0.15) is 0 Å². The van der Waals surface area contributed by atoms with Gasteiger partial charge in [0.05, 0.1) is 0 Å². The summed E-state index contributed by atoms with van der Waals surface area (Å²) in [6.45, 7) is 4.49. The quantitative estimate of drug-likeness (QED) is 0.119. The van der Waals surface area contributed by atoms with E-state index in [0.29, 0.717) is 0 Å². The first kappa shape index (κ1) is 34.4. The zero-order valence-corrected chi connectivity index (χ0v) is 32.1. The van der Waals surface area contributed by atoms with Crippen LogP contribution in [0.2, 0.25) is 0 Å². The Balaban J connectivity index is 1.22. The van der Waals surface area contributed by atoms with E-state index in [1.165, 1.54) is 127 Å². The lowest BCUT2D eigenvalue weighted by Gasteiger charge is -2.30. The largest absolute Gasteiger partial charge is 0.372 e. The summed E-state index contributed by atoms with van der Waals surface area (Å²) in [5, 5.41) is 7.87. The number of anilines is 2. The van der Waals surface area contributed by atoms with Gasteiger partial charge in [-0.05, 0) is 146 Å².